The van der Waals surface area contributed by atoms with Gasteiger partial charge in [-0.15, -0.1) is 0 Å². The van der Waals surface area contributed by atoms with Crippen LogP contribution in [-0.4, -0.2) is 49.3 Å². The monoisotopic (exact) mass is 214 g/mol. The molecule has 1 aliphatic rings. The van der Waals surface area contributed by atoms with E-state index in [2.05, 4.69) is 17.3 Å². The van der Waals surface area contributed by atoms with Gasteiger partial charge in [0.15, 0.2) is 0 Å². The number of rotatable bonds is 8. The van der Waals surface area contributed by atoms with Crippen molar-refractivity contribution >= 4 is 0 Å². The van der Waals surface area contributed by atoms with Gasteiger partial charge in [-0.05, 0) is 45.8 Å². The van der Waals surface area contributed by atoms with Gasteiger partial charge in [-0.2, -0.15) is 0 Å². The van der Waals surface area contributed by atoms with Crippen molar-refractivity contribution in [1.29, 1.82) is 0 Å². The van der Waals surface area contributed by atoms with Crippen molar-refractivity contribution < 1.29 is 5.11 Å². The average molecular weight is 214 g/mol. The van der Waals surface area contributed by atoms with Crippen LogP contribution >= 0.6 is 0 Å². The number of aliphatic hydroxyl groups excluding tert-OH is 1. The van der Waals surface area contributed by atoms with E-state index in [0.29, 0.717) is 6.61 Å². The van der Waals surface area contributed by atoms with Gasteiger partial charge >= 0.3 is 0 Å². The Morgan fingerprint density at radius 3 is 2.73 bits per heavy atom. The number of likely N-dealkylation sites (N-methyl/N-ethyl adjacent to an activating group) is 1. The molecule has 3 nitrogen and oxygen atoms in total. The first-order valence-corrected chi connectivity index (χ1v) is 6.36. The molecule has 0 aromatic rings. The number of hydrogen-bond donors (Lipinski definition) is 2. The van der Waals surface area contributed by atoms with E-state index in [4.69, 9.17) is 5.11 Å². The molecule has 0 aliphatic carbocycles. The highest BCUT2D eigenvalue weighted by Gasteiger charge is 2.19. The summed E-state index contributed by atoms with van der Waals surface area (Å²) >= 11 is 0. The van der Waals surface area contributed by atoms with Crippen LogP contribution in [0, 0.1) is 0 Å². The first kappa shape index (κ1) is 12.9. The van der Waals surface area contributed by atoms with Crippen LogP contribution in [0.25, 0.3) is 0 Å². The molecule has 1 atom stereocenters. The fraction of sp³-hybridized carbons (Fsp3) is 1.00. The summed E-state index contributed by atoms with van der Waals surface area (Å²) in [5, 5.41) is 12.2. The van der Waals surface area contributed by atoms with Crippen molar-refractivity contribution in [3.05, 3.63) is 0 Å². The van der Waals surface area contributed by atoms with Gasteiger partial charge in [0.1, 0.15) is 0 Å². The Bertz CT molecular complexity index is 153. The molecule has 0 saturated carbocycles. The van der Waals surface area contributed by atoms with Crippen LogP contribution in [0.15, 0.2) is 0 Å². The minimum absolute atomic E-state index is 0.348. The molecule has 0 amide bonds. The normalized spacial score (nSPS) is 22.4. The highest BCUT2D eigenvalue weighted by Crippen LogP contribution is 2.13. The van der Waals surface area contributed by atoms with E-state index in [0.717, 1.165) is 25.6 Å². The third-order valence-corrected chi connectivity index (χ3v) is 3.31. The lowest BCUT2D eigenvalue weighted by molar-refractivity contribution is 0.281. The van der Waals surface area contributed by atoms with Gasteiger partial charge in [0.25, 0.3) is 0 Å². The maximum absolute atomic E-state index is 8.62. The number of nitrogens with one attached hydrogen (secondary N) is 1. The molecular formula is C12H26N2O. The molecule has 0 radical (unpaired) electrons. The van der Waals surface area contributed by atoms with Gasteiger partial charge in [0.05, 0.1) is 0 Å². The lowest BCUT2D eigenvalue weighted by Crippen LogP contribution is -2.35. The topological polar surface area (TPSA) is 35.5 Å². The molecule has 90 valence electrons. The smallest absolute Gasteiger partial charge is 0.0431 e. The SMILES string of the molecule is CN1CCCC1CNCCCCCCO. The minimum atomic E-state index is 0.348. The third kappa shape index (κ3) is 5.50. The van der Waals surface area contributed by atoms with Crippen molar-refractivity contribution in [3.63, 3.8) is 0 Å². The lowest BCUT2D eigenvalue weighted by Gasteiger charge is -2.19. The Kier molecular flexibility index (Phi) is 6.98. The van der Waals surface area contributed by atoms with Crippen LogP contribution in [0.1, 0.15) is 38.5 Å². The summed E-state index contributed by atoms with van der Waals surface area (Å²) in [6.45, 7) is 3.90. The van der Waals surface area contributed by atoms with Crippen LogP contribution in [0.5, 0.6) is 0 Å². The number of nitrogens with zero attached hydrogens (tertiary/aromatic N) is 1. The molecule has 0 aromatic carbocycles. The van der Waals surface area contributed by atoms with Gasteiger partial charge < -0.3 is 15.3 Å². The predicted molar refractivity (Wildman–Crippen MR) is 64.1 cm³/mol. The third-order valence-electron chi connectivity index (χ3n) is 3.31. The van der Waals surface area contributed by atoms with Crippen LogP contribution in [-0.2, 0) is 0 Å². The second kappa shape index (κ2) is 8.08. The average Bonchev–Trinajstić information content (AvgIpc) is 2.63. The first-order chi connectivity index (χ1) is 7.34. The lowest BCUT2D eigenvalue weighted by atomic mass is 10.2. The molecular weight excluding hydrogens is 188 g/mol. The van der Waals surface area contributed by atoms with E-state index in [1.807, 2.05) is 0 Å². The summed E-state index contributed by atoms with van der Waals surface area (Å²) in [6, 6.07) is 0.766. The Balaban J connectivity index is 1.84. The molecule has 0 spiro atoms. The second-order valence-corrected chi connectivity index (χ2v) is 4.62. The van der Waals surface area contributed by atoms with E-state index >= 15 is 0 Å². The Labute approximate surface area is 93.9 Å². The zero-order valence-corrected chi connectivity index (χ0v) is 10.0. The summed E-state index contributed by atoms with van der Waals surface area (Å²) in [4.78, 5) is 2.46. The predicted octanol–water partition coefficient (Wildman–Crippen LogP) is 1.22. The standard InChI is InChI=1S/C12H26N2O/c1-14-9-6-7-12(14)11-13-8-4-2-3-5-10-15/h12-13,15H,2-11H2,1H3. The highest BCUT2D eigenvalue weighted by molar-refractivity contribution is 4.77. The first-order valence-electron chi connectivity index (χ1n) is 6.36. The van der Waals surface area contributed by atoms with E-state index < -0.39 is 0 Å². The molecule has 1 heterocycles. The molecule has 15 heavy (non-hydrogen) atoms. The summed E-state index contributed by atoms with van der Waals surface area (Å²) in [5.74, 6) is 0. The molecule has 0 aromatic heterocycles. The van der Waals surface area contributed by atoms with Gasteiger partial charge in [0.2, 0.25) is 0 Å². The van der Waals surface area contributed by atoms with E-state index in [1.165, 1.54) is 38.6 Å². The largest absolute Gasteiger partial charge is 0.396 e. The number of likely N-dealkylation sites (tertiary alicyclic amines) is 1. The molecule has 0 bridgehead atoms. The molecule has 1 rings (SSSR count). The Morgan fingerprint density at radius 1 is 1.27 bits per heavy atom. The second-order valence-electron chi connectivity index (χ2n) is 4.62. The van der Waals surface area contributed by atoms with Crippen molar-refractivity contribution in [3.8, 4) is 0 Å². The van der Waals surface area contributed by atoms with Crippen molar-refractivity contribution in [2.75, 3.05) is 33.3 Å². The zero-order chi connectivity index (χ0) is 10.9. The van der Waals surface area contributed by atoms with Crippen LogP contribution < -0.4 is 5.32 Å². The van der Waals surface area contributed by atoms with Gasteiger partial charge in [-0.25, -0.2) is 0 Å². The van der Waals surface area contributed by atoms with Crippen LogP contribution in [0.3, 0.4) is 0 Å². The summed E-state index contributed by atoms with van der Waals surface area (Å²) in [5.41, 5.74) is 0. The van der Waals surface area contributed by atoms with E-state index in [9.17, 15) is 0 Å². The fourth-order valence-corrected chi connectivity index (χ4v) is 2.22. The quantitative estimate of drug-likeness (QED) is 0.596. The van der Waals surface area contributed by atoms with Gasteiger partial charge in [0, 0.05) is 19.2 Å². The van der Waals surface area contributed by atoms with Crippen LogP contribution in [0.2, 0.25) is 0 Å². The molecule has 1 unspecified atom stereocenters. The van der Waals surface area contributed by atoms with E-state index in [1.54, 1.807) is 0 Å². The maximum Gasteiger partial charge on any atom is 0.0431 e. The maximum atomic E-state index is 8.62. The fourth-order valence-electron chi connectivity index (χ4n) is 2.22. The van der Waals surface area contributed by atoms with Crippen LogP contribution in [0.4, 0.5) is 0 Å². The van der Waals surface area contributed by atoms with Gasteiger partial charge in [-0.3, -0.25) is 0 Å². The number of unbranched alkanes of at least 4 members (excludes halogenated alkanes) is 3. The van der Waals surface area contributed by atoms with E-state index in [-0.39, 0.29) is 0 Å². The molecule has 1 aliphatic heterocycles. The zero-order valence-electron chi connectivity index (χ0n) is 10.0. The summed E-state index contributed by atoms with van der Waals surface area (Å²) in [6.07, 6.45) is 7.34. The molecule has 1 saturated heterocycles. The number of aliphatic hydroxyl groups is 1. The molecule has 3 heteroatoms. The molecule has 2 N–H and O–H groups in total. The summed E-state index contributed by atoms with van der Waals surface area (Å²) in [7, 11) is 2.22. The Morgan fingerprint density at radius 2 is 2.07 bits per heavy atom. The van der Waals surface area contributed by atoms with Crippen molar-refractivity contribution in [2.24, 2.45) is 0 Å². The number of hydrogen-bond acceptors (Lipinski definition) is 3. The van der Waals surface area contributed by atoms with Crippen molar-refractivity contribution in [1.82, 2.24) is 10.2 Å². The minimum Gasteiger partial charge on any atom is -0.396 e. The van der Waals surface area contributed by atoms with Crippen molar-refractivity contribution in [2.45, 2.75) is 44.6 Å². The van der Waals surface area contributed by atoms with Gasteiger partial charge in [-0.1, -0.05) is 12.8 Å². The molecule has 1 fully saturated rings. The summed E-state index contributed by atoms with van der Waals surface area (Å²) < 4.78 is 0. The Hall–Kier alpha value is -0.120. The highest BCUT2D eigenvalue weighted by atomic mass is 16.2.